The van der Waals surface area contributed by atoms with Crippen molar-refractivity contribution >= 4 is 0 Å². The van der Waals surface area contributed by atoms with Crippen LogP contribution in [0, 0.1) is 23.6 Å². The zero-order chi connectivity index (χ0) is 22.3. The van der Waals surface area contributed by atoms with Gasteiger partial charge in [0, 0.05) is 11.8 Å². The van der Waals surface area contributed by atoms with Crippen molar-refractivity contribution in [2.24, 2.45) is 17.8 Å². The molecule has 0 aromatic heterocycles. The van der Waals surface area contributed by atoms with E-state index in [0.29, 0.717) is 29.7 Å². The number of aryl methyl sites for hydroxylation is 1. The number of hydrogen-bond donors (Lipinski definition) is 0. The van der Waals surface area contributed by atoms with Crippen molar-refractivity contribution < 1.29 is 31.8 Å². The number of hydrogen-bond acceptors (Lipinski definition) is 3. The molecule has 1 heterocycles. The van der Waals surface area contributed by atoms with Gasteiger partial charge in [0.15, 0.2) is 17.9 Å². The van der Waals surface area contributed by atoms with Crippen molar-refractivity contribution in [1.82, 2.24) is 0 Å². The van der Waals surface area contributed by atoms with Gasteiger partial charge in [-0.3, -0.25) is 0 Å². The van der Waals surface area contributed by atoms with E-state index in [2.05, 4.69) is 11.7 Å². The van der Waals surface area contributed by atoms with Gasteiger partial charge in [-0.05, 0) is 68.6 Å². The van der Waals surface area contributed by atoms with Crippen LogP contribution < -0.4 is 4.74 Å². The van der Waals surface area contributed by atoms with E-state index >= 15 is 0 Å². The van der Waals surface area contributed by atoms with Crippen molar-refractivity contribution in [2.45, 2.75) is 83.8 Å². The molecule has 0 amide bonds. The van der Waals surface area contributed by atoms with Crippen LogP contribution in [0.25, 0.3) is 0 Å². The van der Waals surface area contributed by atoms with Crippen molar-refractivity contribution in [3.63, 3.8) is 0 Å². The number of unbranched alkanes of at least 4 members (excludes halogenated alkanes) is 1. The lowest BCUT2D eigenvalue weighted by molar-refractivity contribution is -0.275. The SMILES string of the molecule is CCCC1COC(C2CCC(CCCCc3ccc(OC(F)(F)F)c(F)c3)CC2)OC1. The van der Waals surface area contributed by atoms with E-state index in [-0.39, 0.29) is 6.29 Å². The summed E-state index contributed by atoms with van der Waals surface area (Å²) in [6.45, 7) is 3.83. The highest BCUT2D eigenvalue weighted by atomic mass is 19.4. The van der Waals surface area contributed by atoms with Crippen molar-refractivity contribution in [1.29, 1.82) is 0 Å². The summed E-state index contributed by atoms with van der Waals surface area (Å²) in [7, 11) is 0. The first-order valence-corrected chi connectivity index (χ1v) is 11.6. The van der Waals surface area contributed by atoms with Gasteiger partial charge in [-0.25, -0.2) is 4.39 Å². The minimum Gasteiger partial charge on any atom is -0.403 e. The largest absolute Gasteiger partial charge is 0.573 e. The molecule has 1 aliphatic carbocycles. The Hall–Kier alpha value is -1.34. The molecule has 2 fully saturated rings. The van der Waals surface area contributed by atoms with Crippen molar-refractivity contribution in [2.75, 3.05) is 13.2 Å². The van der Waals surface area contributed by atoms with Crippen LogP contribution in [-0.2, 0) is 15.9 Å². The molecule has 0 N–H and O–H groups in total. The Bertz CT molecular complexity index is 663. The zero-order valence-corrected chi connectivity index (χ0v) is 18.3. The summed E-state index contributed by atoms with van der Waals surface area (Å²) in [4.78, 5) is 0. The molecule has 0 bridgehead atoms. The quantitative estimate of drug-likeness (QED) is 0.301. The summed E-state index contributed by atoms with van der Waals surface area (Å²) < 4.78 is 66.1. The van der Waals surface area contributed by atoms with Gasteiger partial charge in [0.25, 0.3) is 0 Å². The highest BCUT2D eigenvalue weighted by Gasteiger charge is 2.33. The number of ether oxygens (including phenoxy) is 3. The molecular weight excluding hydrogens is 412 g/mol. The van der Waals surface area contributed by atoms with E-state index in [1.807, 2.05) is 0 Å². The van der Waals surface area contributed by atoms with Gasteiger partial charge < -0.3 is 14.2 Å². The fourth-order valence-electron chi connectivity index (χ4n) is 4.82. The van der Waals surface area contributed by atoms with Gasteiger partial charge in [0.1, 0.15) is 0 Å². The molecule has 1 aromatic carbocycles. The highest BCUT2D eigenvalue weighted by Crippen LogP contribution is 2.36. The maximum Gasteiger partial charge on any atom is 0.573 e. The van der Waals surface area contributed by atoms with E-state index < -0.39 is 17.9 Å². The average Bonchev–Trinajstić information content (AvgIpc) is 2.73. The molecule has 31 heavy (non-hydrogen) atoms. The third kappa shape index (κ3) is 7.94. The average molecular weight is 447 g/mol. The summed E-state index contributed by atoms with van der Waals surface area (Å²) >= 11 is 0. The molecular formula is C24H34F4O3. The molecule has 3 rings (SSSR count). The van der Waals surface area contributed by atoms with Gasteiger partial charge in [-0.1, -0.05) is 32.3 Å². The predicted molar refractivity (Wildman–Crippen MR) is 110 cm³/mol. The summed E-state index contributed by atoms with van der Waals surface area (Å²) in [5, 5.41) is 0. The topological polar surface area (TPSA) is 27.7 Å². The summed E-state index contributed by atoms with van der Waals surface area (Å²) in [5.41, 5.74) is 0.698. The van der Waals surface area contributed by atoms with Crippen LogP contribution in [0.3, 0.4) is 0 Å². The number of halogens is 4. The lowest BCUT2D eigenvalue weighted by atomic mass is 9.79. The monoisotopic (exact) mass is 446 g/mol. The molecule has 1 saturated carbocycles. The maximum absolute atomic E-state index is 13.8. The predicted octanol–water partition coefficient (Wildman–Crippen LogP) is 7.03. The van der Waals surface area contributed by atoms with E-state index in [1.54, 1.807) is 0 Å². The maximum atomic E-state index is 13.8. The first kappa shape index (κ1) is 24.3. The van der Waals surface area contributed by atoms with E-state index in [4.69, 9.17) is 9.47 Å². The Balaban J connectivity index is 1.31. The Morgan fingerprint density at radius 3 is 2.29 bits per heavy atom. The molecule has 0 unspecified atom stereocenters. The second kappa shape index (κ2) is 11.5. The third-order valence-corrected chi connectivity index (χ3v) is 6.52. The van der Waals surface area contributed by atoms with E-state index in [9.17, 15) is 17.6 Å². The fraction of sp³-hybridized carbons (Fsp3) is 0.750. The highest BCUT2D eigenvalue weighted by molar-refractivity contribution is 5.29. The number of rotatable bonds is 9. The number of benzene rings is 1. The minimum atomic E-state index is -4.88. The Labute approximate surface area is 182 Å². The molecule has 1 aromatic rings. The molecule has 2 aliphatic rings. The molecule has 0 atom stereocenters. The standard InChI is InChI=1S/C24H34F4O3/c1-2-5-19-15-29-23(30-16-19)20-11-8-17(9-12-20)6-3-4-7-18-10-13-22(21(25)14-18)31-24(26,27)28/h10,13-14,17,19-20,23H,2-9,11-12,15-16H2,1H3. The van der Waals surface area contributed by atoms with Gasteiger partial charge in [0.2, 0.25) is 0 Å². The lowest BCUT2D eigenvalue weighted by Crippen LogP contribution is -2.38. The molecule has 1 aliphatic heterocycles. The normalized spacial score (nSPS) is 27.3. The molecule has 3 nitrogen and oxygen atoms in total. The summed E-state index contributed by atoms with van der Waals surface area (Å²) in [6.07, 6.45) is 5.78. The molecule has 7 heteroatoms. The summed E-state index contributed by atoms with van der Waals surface area (Å²) in [5.74, 6) is -0.00762. The van der Waals surface area contributed by atoms with Gasteiger partial charge in [-0.2, -0.15) is 0 Å². The van der Waals surface area contributed by atoms with Crippen LogP contribution in [0.1, 0.15) is 70.3 Å². The Kier molecular flexibility index (Phi) is 9.02. The first-order chi connectivity index (χ1) is 14.8. The zero-order valence-electron chi connectivity index (χ0n) is 18.3. The molecule has 0 radical (unpaired) electrons. The number of alkyl halides is 3. The van der Waals surface area contributed by atoms with Crippen LogP contribution in [0.4, 0.5) is 17.6 Å². The van der Waals surface area contributed by atoms with Crippen LogP contribution >= 0.6 is 0 Å². The van der Waals surface area contributed by atoms with Gasteiger partial charge in [0.05, 0.1) is 13.2 Å². The van der Waals surface area contributed by atoms with Crippen molar-refractivity contribution in [3.05, 3.63) is 29.6 Å². The Morgan fingerprint density at radius 2 is 1.68 bits per heavy atom. The van der Waals surface area contributed by atoms with E-state index in [0.717, 1.165) is 63.9 Å². The van der Waals surface area contributed by atoms with Crippen LogP contribution in [-0.4, -0.2) is 25.9 Å². The first-order valence-electron chi connectivity index (χ1n) is 11.6. The fourth-order valence-corrected chi connectivity index (χ4v) is 4.82. The summed E-state index contributed by atoms with van der Waals surface area (Å²) in [6, 6.07) is 3.70. The molecule has 176 valence electrons. The van der Waals surface area contributed by atoms with Crippen LogP contribution in [0.15, 0.2) is 18.2 Å². The van der Waals surface area contributed by atoms with Gasteiger partial charge >= 0.3 is 6.36 Å². The minimum absolute atomic E-state index is 0.0340. The van der Waals surface area contributed by atoms with Crippen LogP contribution in [0.2, 0.25) is 0 Å². The third-order valence-electron chi connectivity index (χ3n) is 6.52. The molecule has 1 saturated heterocycles. The van der Waals surface area contributed by atoms with E-state index in [1.165, 1.54) is 25.3 Å². The molecule has 0 spiro atoms. The Morgan fingerprint density at radius 1 is 0.968 bits per heavy atom. The van der Waals surface area contributed by atoms with Crippen molar-refractivity contribution in [3.8, 4) is 5.75 Å². The van der Waals surface area contributed by atoms with Crippen LogP contribution in [0.5, 0.6) is 5.75 Å². The second-order valence-electron chi connectivity index (χ2n) is 9.03. The second-order valence-corrected chi connectivity index (χ2v) is 9.03. The van der Waals surface area contributed by atoms with Gasteiger partial charge in [-0.15, -0.1) is 13.2 Å². The lowest BCUT2D eigenvalue weighted by Gasteiger charge is -2.37. The smallest absolute Gasteiger partial charge is 0.403 e.